The molecule has 0 saturated carbocycles. The zero-order valence-electron chi connectivity index (χ0n) is 36.9. The maximum Gasteiger partial charge on any atom is 0.0707 e. The van der Waals surface area contributed by atoms with Gasteiger partial charge < -0.3 is 4.90 Å². The highest BCUT2D eigenvalue weighted by atomic mass is 32.1. The van der Waals surface area contributed by atoms with Crippen molar-refractivity contribution >= 4 is 51.3 Å². The van der Waals surface area contributed by atoms with Crippen molar-refractivity contribution in [2.75, 3.05) is 6.54 Å². The van der Waals surface area contributed by atoms with Gasteiger partial charge in [0.1, 0.15) is 0 Å². The minimum atomic E-state index is -0.473. The number of allylic oxidation sites excluding steroid dienone is 13. The lowest BCUT2D eigenvalue weighted by molar-refractivity contribution is 0.497. The highest BCUT2D eigenvalue weighted by Crippen LogP contribution is 2.55. The van der Waals surface area contributed by atoms with Gasteiger partial charge in [-0.15, -0.1) is 11.3 Å². The summed E-state index contributed by atoms with van der Waals surface area (Å²) in [5.74, 6) is 0. The number of nitrogens with zero attached hydrogens (tertiary/aromatic N) is 1. The monoisotopic (exact) mass is 791 g/mol. The number of rotatable bonds is 13. The predicted octanol–water partition coefficient (Wildman–Crippen LogP) is 14.4. The van der Waals surface area contributed by atoms with Crippen molar-refractivity contribution in [3.63, 3.8) is 0 Å². The highest BCUT2D eigenvalue weighted by molar-refractivity contribution is 7.17. The van der Waals surface area contributed by atoms with E-state index in [1.165, 1.54) is 92.5 Å². The van der Waals surface area contributed by atoms with Gasteiger partial charge >= 0.3 is 0 Å². The summed E-state index contributed by atoms with van der Waals surface area (Å²) in [6.45, 7) is 22.7. The molecule has 0 bridgehead atoms. The maximum absolute atomic E-state index is 2.50. The first-order valence-electron chi connectivity index (χ1n) is 21.2. The molecule has 0 aliphatic heterocycles. The third kappa shape index (κ3) is 8.30. The summed E-state index contributed by atoms with van der Waals surface area (Å²) in [5, 5.41) is 2.63. The van der Waals surface area contributed by atoms with Crippen molar-refractivity contribution in [3.05, 3.63) is 216 Å². The van der Waals surface area contributed by atoms with Gasteiger partial charge in [-0.25, -0.2) is 0 Å². The third-order valence-corrected chi connectivity index (χ3v) is 13.2. The van der Waals surface area contributed by atoms with Crippen LogP contribution in [0.2, 0.25) is 0 Å². The van der Waals surface area contributed by atoms with Crippen molar-refractivity contribution in [1.29, 1.82) is 0 Å². The SMILES string of the molecule is C/C=C\C(=C/C)C1(c2ccccc2)C(/C=C(\C)N(C/C=c2/sc3ccccc3/c2=C/C)C(/C=C\Cc2cc(/C=C\C)c(C)c(C)c2/C=C\C)=C/C)=C(C)c2ccccc21. The Bertz CT molecular complexity index is 2700. The third-order valence-electron chi connectivity index (χ3n) is 12.0. The predicted molar refractivity (Wildman–Crippen MR) is 263 cm³/mol. The quantitative estimate of drug-likeness (QED) is 0.107. The van der Waals surface area contributed by atoms with Crippen LogP contribution in [0.3, 0.4) is 0 Å². The molecule has 59 heavy (non-hydrogen) atoms. The lowest BCUT2D eigenvalue weighted by Gasteiger charge is -2.36. The second-order valence-corrected chi connectivity index (χ2v) is 16.4. The first kappa shape index (κ1) is 42.9. The summed E-state index contributed by atoms with van der Waals surface area (Å²) < 4.78 is 2.62. The number of hydrogen-bond acceptors (Lipinski definition) is 2. The van der Waals surface area contributed by atoms with E-state index in [2.05, 4.69) is 238 Å². The van der Waals surface area contributed by atoms with Crippen molar-refractivity contribution in [2.45, 2.75) is 81.1 Å². The molecule has 0 spiro atoms. The molecule has 1 aliphatic rings. The molecule has 1 nitrogen and oxygen atoms in total. The molecule has 0 radical (unpaired) electrons. The fourth-order valence-corrected chi connectivity index (χ4v) is 10.2. The normalized spacial score (nSPS) is 17.4. The van der Waals surface area contributed by atoms with Crippen LogP contribution in [0.5, 0.6) is 0 Å². The van der Waals surface area contributed by atoms with Crippen LogP contribution in [0.15, 0.2) is 162 Å². The summed E-state index contributed by atoms with van der Waals surface area (Å²) in [5.41, 5.74) is 16.3. The van der Waals surface area contributed by atoms with E-state index in [1.54, 1.807) is 0 Å². The van der Waals surface area contributed by atoms with E-state index in [-0.39, 0.29) is 0 Å². The fourth-order valence-electron chi connectivity index (χ4n) is 9.07. The van der Waals surface area contributed by atoms with Crippen LogP contribution in [0, 0.1) is 13.8 Å². The molecule has 0 fully saturated rings. The van der Waals surface area contributed by atoms with Gasteiger partial charge in [0.15, 0.2) is 0 Å². The fraction of sp³-hybridized carbons (Fsp3) is 0.228. The Morgan fingerprint density at radius 2 is 1.46 bits per heavy atom. The molecule has 4 aromatic carbocycles. The molecule has 1 heterocycles. The van der Waals surface area contributed by atoms with Crippen molar-refractivity contribution < 1.29 is 0 Å². The number of thiophene rings is 1. The number of hydrogen-bond donors (Lipinski definition) is 0. The van der Waals surface area contributed by atoms with Crippen molar-refractivity contribution in [1.82, 2.24) is 4.90 Å². The lowest BCUT2D eigenvalue weighted by atomic mass is 9.66. The van der Waals surface area contributed by atoms with Crippen LogP contribution in [-0.4, -0.2) is 11.4 Å². The van der Waals surface area contributed by atoms with Gasteiger partial charge in [-0.2, -0.15) is 0 Å². The summed E-state index contributed by atoms with van der Waals surface area (Å²) in [4.78, 5) is 2.50. The minimum absolute atomic E-state index is 0.473. The molecule has 0 N–H and O–H groups in total. The first-order valence-corrected chi connectivity index (χ1v) is 22.0. The molecule has 1 aromatic heterocycles. The maximum atomic E-state index is 2.50. The Labute approximate surface area is 358 Å². The summed E-state index contributed by atoms with van der Waals surface area (Å²) in [6.07, 6.45) is 30.5. The largest absolute Gasteiger partial charge is 0.342 e. The Morgan fingerprint density at radius 3 is 2.15 bits per heavy atom. The molecule has 6 rings (SSSR count). The number of fused-ring (bicyclic) bond motifs is 2. The van der Waals surface area contributed by atoms with Crippen LogP contribution < -0.4 is 9.75 Å². The molecule has 1 atom stereocenters. The molecule has 300 valence electrons. The van der Waals surface area contributed by atoms with Gasteiger partial charge in [0.05, 0.1) is 5.41 Å². The van der Waals surface area contributed by atoms with E-state index in [1.807, 2.05) is 11.3 Å². The topological polar surface area (TPSA) is 3.24 Å². The van der Waals surface area contributed by atoms with Gasteiger partial charge in [0, 0.05) is 27.2 Å². The molecule has 0 amide bonds. The van der Waals surface area contributed by atoms with E-state index >= 15 is 0 Å². The molecule has 1 aliphatic carbocycles. The lowest BCUT2D eigenvalue weighted by Crippen LogP contribution is -2.31. The Kier molecular flexibility index (Phi) is 14.1. The van der Waals surface area contributed by atoms with Gasteiger partial charge in [-0.05, 0) is 172 Å². The molecular weight excluding hydrogens is 731 g/mol. The molecule has 2 heteroatoms. The van der Waals surface area contributed by atoms with Crippen LogP contribution >= 0.6 is 11.3 Å². The van der Waals surface area contributed by atoms with Gasteiger partial charge in [0.2, 0.25) is 0 Å². The Hall–Kier alpha value is -5.70. The average molecular weight is 792 g/mol. The molecule has 0 saturated heterocycles. The van der Waals surface area contributed by atoms with E-state index in [0.717, 1.165) is 13.0 Å². The first-order chi connectivity index (χ1) is 28.7. The Morgan fingerprint density at radius 1 is 0.746 bits per heavy atom. The summed E-state index contributed by atoms with van der Waals surface area (Å²) in [6, 6.07) is 31.3. The van der Waals surface area contributed by atoms with Crippen molar-refractivity contribution in [2.24, 2.45) is 0 Å². The summed E-state index contributed by atoms with van der Waals surface area (Å²) in [7, 11) is 0. The van der Waals surface area contributed by atoms with Crippen LogP contribution in [0.25, 0.3) is 40.0 Å². The second kappa shape index (κ2) is 19.4. The van der Waals surface area contributed by atoms with Gasteiger partial charge in [-0.3, -0.25) is 0 Å². The molecule has 5 aromatic rings. The van der Waals surface area contributed by atoms with Gasteiger partial charge in [0.25, 0.3) is 0 Å². The van der Waals surface area contributed by atoms with Crippen molar-refractivity contribution in [3.8, 4) is 0 Å². The molecule has 1 unspecified atom stereocenters. The highest BCUT2D eigenvalue weighted by Gasteiger charge is 2.46. The standard InChI is InChI=1S/C57H61NS/c1-11-25-44-39-45(50(27-13-3)42(9)41(44)8)28-24-31-48(15-5)58(37-36-56-49(16-6)52-33-21-23-35-55(52)59-56)40(7)38-54-43(10)51-32-20-22-34-53(51)57(54,46(14-4)26-12-2)47-29-18-17-19-30-47/h11-27,29-36,38-39H,28,37H2,1-10H3/b25-11-,26-12-,27-13-,31-24-,40-38+,46-14+,48-15+,49-16-,56-36+. The van der Waals surface area contributed by atoms with E-state index in [9.17, 15) is 0 Å². The van der Waals surface area contributed by atoms with Gasteiger partial charge in [-0.1, -0.05) is 140 Å². The van der Waals surface area contributed by atoms with Crippen LogP contribution in [0.4, 0.5) is 0 Å². The minimum Gasteiger partial charge on any atom is -0.342 e. The second-order valence-electron chi connectivity index (χ2n) is 15.3. The zero-order valence-corrected chi connectivity index (χ0v) is 37.7. The smallest absolute Gasteiger partial charge is 0.0707 e. The number of benzene rings is 4. The summed E-state index contributed by atoms with van der Waals surface area (Å²) >= 11 is 1.88. The van der Waals surface area contributed by atoms with Crippen LogP contribution in [-0.2, 0) is 11.8 Å². The Balaban J connectivity index is 1.54. The van der Waals surface area contributed by atoms with E-state index in [0.29, 0.717) is 0 Å². The van der Waals surface area contributed by atoms with E-state index in [4.69, 9.17) is 0 Å². The molecular formula is C57H61NS. The average Bonchev–Trinajstić information content (AvgIpc) is 3.74. The van der Waals surface area contributed by atoms with E-state index < -0.39 is 5.41 Å². The van der Waals surface area contributed by atoms with Crippen LogP contribution in [0.1, 0.15) is 99.9 Å². The zero-order chi connectivity index (χ0) is 42.1.